The van der Waals surface area contributed by atoms with Crippen molar-refractivity contribution in [3.63, 3.8) is 0 Å². The summed E-state index contributed by atoms with van der Waals surface area (Å²) in [4.78, 5) is 22.1. The Kier molecular flexibility index (Phi) is 3.39. The van der Waals surface area contributed by atoms with Gasteiger partial charge in [-0.25, -0.2) is 14.3 Å². The molecule has 0 amide bonds. The summed E-state index contributed by atoms with van der Waals surface area (Å²) in [7, 11) is 0. The predicted molar refractivity (Wildman–Crippen MR) is 65.1 cm³/mol. The van der Waals surface area contributed by atoms with Gasteiger partial charge in [0, 0.05) is 17.7 Å². The standard InChI is InChI=1S/C12H10FN3O3/c13-9-2-1-6(3-7(9)5-14)10-4-8(12(18)19)11(17)16-15-10/h1-4H,5,14H2,(H,16,17)(H,18,19). The number of benzene rings is 1. The maximum Gasteiger partial charge on any atom is 0.341 e. The first kappa shape index (κ1) is 12.9. The zero-order valence-electron chi connectivity index (χ0n) is 9.68. The molecule has 7 heteroatoms. The van der Waals surface area contributed by atoms with E-state index in [9.17, 15) is 14.0 Å². The number of halogens is 1. The first-order valence-electron chi connectivity index (χ1n) is 5.35. The van der Waals surface area contributed by atoms with E-state index in [1.165, 1.54) is 18.2 Å². The van der Waals surface area contributed by atoms with Crippen LogP contribution < -0.4 is 11.3 Å². The summed E-state index contributed by atoms with van der Waals surface area (Å²) in [5.74, 6) is -1.81. The van der Waals surface area contributed by atoms with Gasteiger partial charge in [-0.05, 0) is 24.3 Å². The molecule has 1 aromatic heterocycles. The van der Waals surface area contributed by atoms with Crippen LogP contribution >= 0.6 is 0 Å². The minimum absolute atomic E-state index is 0.00874. The Bertz CT molecular complexity index is 697. The summed E-state index contributed by atoms with van der Waals surface area (Å²) in [6, 6.07) is 5.24. The molecule has 4 N–H and O–H groups in total. The van der Waals surface area contributed by atoms with Crippen LogP contribution in [0.15, 0.2) is 29.1 Å². The van der Waals surface area contributed by atoms with Crippen LogP contribution in [0.4, 0.5) is 4.39 Å². The molecular formula is C12H10FN3O3. The number of hydrogen-bond acceptors (Lipinski definition) is 4. The molecule has 0 fully saturated rings. The zero-order chi connectivity index (χ0) is 14.0. The third kappa shape index (κ3) is 2.50. The van der Waals surface area contributed by atoms with E-state index in [4.69, 9.17) is 10.8 Å². The summed E-state index contributed by atoms with van der Waals surface area (Å²) in [5.41, 5.74) is 5.15. The Labute approximate surface area is 106 Å². The number of carboxylic acid groups (broad SMARTS) is 1. The largest absolute Gasteiger partial charge is 0.477 e. The molecular weight excluding hydrogens is 253 g/mol. The highest BCUT2D eigenvalue weighted by Gasteiger charge is 2.12. The van der Waals surface area contributed by atoms with Crippen molar-refractivity contribution in [1.29, 1.82) is 0 Å². The highest BCUT2D eigenvalue weighted by atomic mass is 19.1. The van der Waals surface area contributed by atoms with Gasteiger partial charge >= 0.3 is 5.97 Å². The molecule has 0 unspecified atom stereocenters. The van der Waals surface area contributed by atoms with Crippen LogP contribution in [-0.2, 0) is 6.54 Å². The minimum Gasteiger partial charge on any atom is -0.477 e. The molecule has 0 saturated heterocycles. The fourth-order valence-corrected chi connectivity index (χ4v) is 1.60. The molecule has 0 aliphatic carbocycles. The highest BCUT2D eigenvalue weighted by Crippen LogP contribution is 2.19. The minimum atomic E-state index is -1.36. The summed E-state index contributed by atoms with van der Waals surface area (Å²) in [5, 5.41) is 14.7. The normalized spacial score (nSPS) is 10.4. The van der Waals surface area contributed by atoms with Crippen LogP contribution in [0.5, 0.6) is 0 Å². The SMILES string of the molecule is NCc1cc(-c2cc(C(=O)O)c(=O)[nH]n2)ccc1F. The van der Waals surface area contributed by atoms with Gasteiger partial charge in [0.2, 0.25) is 0 Å². The molecule has 98 valence electrons. The number of nitrogens with one attached hydrogen (secondary N) is 1. The summed E-state index contributed by atoms with van der Waals surface area (Å²) in [6.45, 7) is 0.00874. The third-order valence-corrected chi connectivity index (χ3v) is 2.60. The molecule has 0 aliphatic rings. The lowest BCUT2D eigenvalue weighted by Crippen LogP contribution is -2.18. The second-order valence-electron chi connectivity index (χ2n) is 3.81. The number of hydrogen-bond donors (Lipinski definition) is 3. The predicted octanol–water partition coefficient (Wildman–Crippen LogP) is 0.733. The number of nitrogens with zero attached hydrogens (tertiary/aromatic N) is 1. The molecule has 0 spiro atoms. The van der Waals surface area contributed by atoms with Crippen LogP contribution in [0, 0.1) is 5.82 Å². The fraction of sp³-hybridized carbons (Fsp3) is 0.0833. The first-order valence-corrected chi connectivity index (χ1v) is 5.35. The Hall–Kier alpha value is -2.54. The van der Waals surface area contributed by atoms with Crippen molar-refractivity contribution in [1.82, 2.24) is 10.2 Å². The molecule has 0 atom stereocenters. The van der Waals surface area contributed by atoms with Crippen LogP contribution in [-0.4, -0.2) is 21.3 Å². The number of H-pyrrole nitrogens is 1. The summed E-state index contributed by atoms with van der Waals surface area (Å²) < 4.78 is 13.3. The monoisotopic (exact) mass is 263 g/mol. The number of aromatic carboxylic acids is 1. The molecule has 1 heterocycles. The van der Waals surface area contributed by atoms with Gasteiger partial charge in [-0.1, -0.05) is 0 Å². The van der Waals surface area contributed by atoms with E-state index in [0.717, 1.165) is 6.07 Å². The van der Waals surface area contributed by atoms with Gasteiger partial charge < -0.3 is 10.8 Å². The Morgan fingerprint density at radius 1 is 1.42 bits per heavy atom. The average Bonchev–Trinajstić information content (AvgIpc) is 2.39. The van der Waals surface area contributed by atoms with Crippen molar-refractivity contribution in [3.8, 4) is 11.3 Å². The van der Waals surface area contributed by atoms with E-state index in [-0.39, 0.29) is 17.8 Å². The van der Waals surface area contributed by atoms with Gasteiger partial charge in [-0.15, -0.1) is 0 Å². The van der Waals surface area contributed by atoms with Crippen molar-refractivity contribution in [2.24, 2.45) is 5.73 Å². The Balaban J connectivity index is 2.56. The number of rotatable bonds is 3. The molecule has 2 aromatic rings. The topological polar surface area (TPSA) is 109 Å². The number of nitrogens with two attached hydrogens (primary N) is 1. The average molecular weight is 263 g/mol. The first-order chi connectivity index (χ1) is 9.02. The van der Waals surface area contributed by atoms with Gasteiger partial charge in [0.05, 0.1) is 5.69 Å². The van der Waals surface area contributed by atoms with Crippen LogP contribution in [0.2, 0.25) is 0 Å². The van der Waals surface area contributed by atoms with Gasteiger partial charge in [-0.3, -0.25) is 4.79 Å². The molecule has 0 bridgehead atoms. The van der Waals surface area contributed by atoms with Crippen molar-refractivity contribution in [2.45, 2.75) is 6.54 Å². The van der Waals surface area contributed by atoms with Crippen molar-refractivity contribution >= 4 is 5.97 Å². The second-order valence-corrected chi connectivity index (χ2v) is 3.81. The van der Waals surface area contributed by atoms with Gasteiger partial charge in [0.1, 0.15) is 11.4 Å². The van der Waals surface area contributed by atoms with Gasteiger partial charge in [-0.2, -0.15) is 5.10 Å². The molecule has 1 aromatic carbocycles. The molecule has 0 aliphatic heterocycles. The van der Waals surface area contributed by atoms with Crippen LogP contribution in [0.3, 0.4) is 0 Å². The molecule has 2 rings (SSSR count). The lowest BCUT2D eigenvalue weighted by Gasteiger charge is -2.05. The summed E-state index contributed by atoms with van der Waals surface area (Å²) >= 11 is 0. The van der Waals surface area contributed by atoms with Gasteiger partial charge in [0.25, 0.3) is 5.56 Å². The highest BCUT2D eigenvalue weighted by molar-refractivity contribution is 5.88. The van der Waals surface area contributed by atoms with Crippen molar-refractivity contribution < 1.29 is 14.3 Å². The molecule has 0 saturated carbocycles. The van der Waals surface area contributed by atoms with Crippen LogP contribution in [0.25, 0.3) is 11.3 Å². The smallest absolute Gasteiger partial charge is 0.341 e. The lowest BCUT2D eigenvalue weighted by atomic mass is 10.1. The number of aromatic nitrogens is 2. The van der Waals surface area contributed by atoms with E-state index in [0.29, 0.717) is 5.56 Å². The quantitative estimate of drug-likeness (QED) is 0.756. The summed E-state index contributed by atoms with van der Waals surface area (Å²) in [6.07, 6.45) is 0. The maximum atomic E-state index is 13.3. The molecule has 19 heavy (non-hydrogen) atoms. The van der Waals surface area contributed by atoms with Gasteiger partial charge in [0.15, 0.2) is 0 Å². The second kappa shape index (κ2) is 4.99. The van der Waals surface area contributed by atoms with Crippen molar-refractivity contribution in [2.75, 3.05) is 0 Å². The fourth-order valence-electron chi connectivity index (χ4n) is 1.60. The zero-order valence-corrected chi connectivity index (χ0v) is 9.68. The third-order valence-electron chi connectivity index (χ3n) is 2.60. The number of carbonyl (C=O) groups is 1. The van der Waals surface area contributed by atoms with E-state index in [1.807, 2.05) is 0 Å². The van der Waals surface area contributed by atoms with Crippen LogP contribution in [0.1, 0.15) is 15.9 Å². The lowest BCUT2D eigenvalue weighted by molar-refractivity contribution is 0.0694. The number of carboxylic acids is 1. The number of aromatic amines is 1. The van der Waals surface area contributed by atoms with E-state index < -0.39 is 22.9 Å². The Morgan fingerprint density at radius 3 is 2.79 bits per heavy atom. The Morgan fingerprint density at radius 2 is 2.16 bits per heavy atom. The maximum absolute atomic E-state index is 13.3. The molecule has 6 nitrogen and oxygen atoms in total. The van der Waals surface area contributed by atoms with Crippen molar-refractivity contribution in [3.05, 3.63) is 51.6 Å². The van der Waals surface area contributed by atoms with E-state index in [2.05, 4.69) is 10.2 Å². The van der Waals surface area contributed by atoms with E-state index in [1.54, 1.807) is 0 Å². The molecule has 0 radical (unpaired) electrons. The van der Waals surface area contributed by atoms with E-state index >= 15 is 0 Å².